The molecule has 1 aliphatic heterocycles. The van der Waals surface area contributed by atoms with E-state index in [1.807, 2.05) is 0 Å². The van der Waals surface area contributed by atoms with Crippen molar-refractivity contribution in [3.05, 3.63) is 29.8 Å². The summed E-state index contributed by atoms with van der Waals surface area (Å²) in [4.78, 5) is 0.276. The minimum absolute atomic E-state index is 0.162. The predicted octanol–water partition coefficient (Wildman–Crippen LogP) is 1.34. The van der Waals surface area contributed by atoms with Gasteiger partial charge in [0.1, 0.15) is 0 Å². The summed E-state index contributed by atoms with van der Waals surface area (Å²) in [6.07, 6.45) is 0. The Bertz CT molecular complexity index is 502. The van der Waals surface area contributed by atoms with E-state index in [0.29, 0.717) is 5.33 Å². The lowest BCUT2D eigenvalue weighted by atomic mass is 10.0. The first-order valence-corrected chi connectivity index (χ1v) is 7.79. The van der Waals surface area contributed by atoms with E-state index in [1.54, 1.807) is 31.2 Å². The first-order chi connectivity index (χ1) is 7.85. The number of β-amino-alcohol motifs (C(OH)–C–C–N with tert-alkyl or cyclic N) is 1. The lowest BCUT2D eigenvalue weighted by Crippen LogP contribution is -2.61. The Morgan fingerprint density at radius 2 is 1.88 bits per heavy atom. The number of alkyl halides is 1. The zero-order chi connectivity index (χ0) is 12.7. The van der Waals surface area contributed by atoms with E-state index in [0.717, 1.165) is 5.56 Å². The van der Waals surface area contributed by atoms with Crippen molar-refractivity contribution in [2.75, 3.05) is 13.1 Å². The van der Waals surface area contributed by atoms with Crippen LogP contribution in [0.5, 0.6) is 0 Å². The molecule has 0 radical (unpaired) electrons. The average molecular weight is 320 g/mol. The van der Waals surface area contributed by atoms with Gasteiger partial charge in [0.15, 0.2) is 0 Å². The zero-order valence-electron chi connectivity index (χ0n) is 9.43. The molecule has 0 aromatic heterocycles. The van der Waals surface area contributed by atoms with Gasteiger partial charge in [-0.15, -0.1) is 0 Å². The topological polar surface area (TPSA) is 57.6 Å². The van der Waals surface area contributed by atoms with Crippen molar-refractivity contribution in [3.8, 4) is 0 Å². The number of nitrogens with zero attached hydrogens (tertiary/aromatic N) is 1. The Hall–Kier alpha value is -0.430. The van der Waals surface area contributed by atoms with Crippen LogP contribution in [0.2, 0.25) is 0 Å². The molecule has 0 spiro atoms. The van der Waals surface area contributed by atoms with Gasteiger partial charge < -0.3 is 5.11 Å². The van der Waals surface area contributed by atoms with Crippen LogP contribution in [0.3, 0.4) is 0 Å². The van der Waals surface area contributed by atoms with Crippen LogP contribution in [0.1, 0.15) is 12.5 Å². The van der Waals surface area contributed by atoms with Crippen LogP contribution in [0.15, 0.2) is 29.2 Å². The maximum atomic E-state index is 12.1. The molecule has 1 N–H and O–H groups in total. The standard InChI is InChI=1S/C11H14BrNO3S/c1-11(14)7-13(8-11)17(15,16)10-4-2-9(6-12)3-5-10/h2-5,14H,6-8H2,1H3. The lowest BCUT2D eigenvalue weighted by Gasteiger charge is -2.42. The van der Waals surface area contributed by atoms with Gasteiger partial charge >= 0.3 is 0 Å². The Labute approximate surface area is 109 Å². The van der Waals surface area contributed by atoms with Gasteiger partial charge in [-0.25, -0.2) is 8.42 Å². The molecule has 17 heavy (non-hydrogen) atoms. The van der Waals surface area contributed by atoms with Gasteiger partial charge in [0, 0.05) is 18.4 Å². The van der Waals surface area contributed by atoms with Crippen molar-refractivity contribution < 1.29 is 13.5 Å². The van der Waals surface area contributed by atoms with Crippen LogP contribution in [0, 0.1) is 0 Å². The van der Waals surface area contributed by atoms with Crippen molar-refractivity contribution in [3.63, 3.8) is 0 Å². The van der Waals surface area contributed by atoms with Gasteiger partial charge in [-0.1, -0.05) is 28.1 Å². The van der Waals surface area contributed by atoms with Gasteiger partial charge in [-0.2, -0.15) is 4.31 Å². The van der Waals surface area contributed by atoms with E-state index in [4.69, 9.17) is 0 Å². The summed E-state index contributed by atoms with van der Waals surface area (Å²) >= 11 is 3.31. The fraction of sp³-hybridized carbons (Fsp3) is 0.455. The second-order valence-corrected chi connectivity index (χ2v) is 7.05. The van der Waals surface area contributed by atoms with Crippen molar-refractivity contribution in [2.24, 2.45) is 0 Å². The van der Waals surface area contributed by atoms with Crippen molar-refractivity contribution in [1.29, 1.82) is 0 Å². The molecule has 0 aliphatic carbocycles. The van der Waals surface area contributed by atoms with Crippen molar-refractivity contribution in [2.45, 2.75) is 22.8 Å². The highest BCUT2D eigenvalue weighted by atomic mass is 79.9. The number of hydrogen-bond donors (Lipinski definition) is 1. The van der Waals surface area contributed by atoms with Gasteiger partial charge in [-0.05, 0) is 24.6 Å². The van der Waals surface area contributed by atoms with Crippen molar-refractivity contribution >= 4 is 26.0 Å². The number of sulfonamides is 1. The minimum atomic E-state index is -3.44. The summed E-state index contributed by atoms with van der Waals surface area (Å²) in [5.74, 6) is 0. The Kier molecular flexibility index (Phi) is 3.33. The molecule has 6 heteroatoms. The third-order valence-electron chi connectivity index (χ3n) is 2.75. The van der Waals surface area contributed by atoms with Gasteiger partial charge in [0.2, 0.25) is 10.0 Å². The summed E-state index contributed by atoms with van der Waals surface area (Å²) in [7, 11) is -3.44. The second-order valence-electron chi connectivity index (χ2n) is 4.55. The Morgan fingerprint density at radius 1 is 1.35 bits per heavy atom. The average Bonchev–Trinajstić information content (AvgIpc) is 2.26. The molecule has 0 saturated carbocycles. The zero-order valence-corrected chi connectivity index (χ0v) is 11.8. The third kappa shape index (κ3) is 2.54. The van der Waals surface area contributed by atoms with Crippen LogP contribution in [0.4, 0.5) is 0 Å². The highest BCUT2D eigenvalue weighted by molar-refractivity contribution is 9.08. The molecule has 2 rings (SSSR count). The summed E-state index contributed by atoms with van der Waals surface area (Å²) in [5.41, 5.74) is 0.141. The van der Waals surface area contributed by atoms with E-state index >= 15 is 0 Å². The van der Waals surface area contributed by atoms with E-state index in [-0.39, 0.29) is 18.0 Å². The normalized spacial score (nSPS) is 19.9. The lowest BCUT2D eigenvalue weighted by molar-refractivity contribution is -0.0426. The summed E-state index contributed by atoms with van der Waals surface area (Å²) < 4.78 is 25.5. The molecule has 1 fully saturated rings. The number of hydrogen-bond acceptors (Lipinski definition) is 3. The highest BCUT2D eigenvalue weighted by Gasteiger charge is 2.43. The van der Waals surface area contributed by atoms with Crippen LogP contribution >= 0.6 is 15.9 Å². The molecule has 1 aromatic rings. The summed E-state index contributed by atoms with van der Waals surface area (Å²) in [6.45, 7) is 1.96. The fourth-order valence-corrected chi connectivity index (χ4v) is 3.83. The maximum Gasteiger partial charge on any atom is 0.243 e. The predicted molar refractivity (Wildman–Crippen MR) is 68.5 cm³/mol. The Morgan fingerprint density at radius 3 is 2.29 bits per heavy atom. The molecule has 1 saturated heterocycles. The molecule has 4 nitrogen and oxygen atoms in total. The minimum Gasteiger partial charge on any atom is -0.387 e. The summed E-state index contributed by atoms with van der Waals surface area (Å²) in [6, 6.07) is 6.75. The van der Waals surface area contributed by atoms with E-state index in [1.165, 1.54) is 4.31 Å². The summed E-state index contributed by atoms with van der Waals surface area (Å²) in [5, 5.41) is 10.3. The van der Waals surface area contributed by atoms with E-state index in [2.05, 4.69) is 15.9 Å². The molecule has 1 aromatic carbocycles. The van der Waals surface area contributed by atoms with Crippen LogP contribution in [0.25, 0.3) is 0 Å². The molecule has 0 bridgehead atoms. The van der Waals surface area contributed by atoms with E-state index in [9.17, 15) is 13.5 Å². The maximum absolute atomic E-state index is 12.1. The molecular weight excluding hydrogens is 306 g/mol. The van der Waals surface area contributed by atoms with Crippen LogP contribution < -0.4 is 0 Å². The smallest absolute Gasteiger partial charge is 0.243 e. The SMILES string of the molecule is CC1(O)CN(S(=O)(=O)c2ccc(CBr)cc2)C1. The molecular formula is C11H14BrNO3S. The third-order valence-corrected chi connectivity index (χ3v) is 5.20. The van der Waals surface area contributed by atoms with E-state index < -0.39 is 15.6 Å². The Balaban J connectivity index is 2.21. The highest BCUT2D eigenvalue weighted by Crippen LogP contribution is 2.27. The van der Waals surface area contributed by atoms with Gasteiger partial charge in [0.25, 0.3) is 0 Å². The first-order valence-electron chi connectivity index (χ1n) is 5.23. The monoisotopic (exact) mass is 319 g/mol. The number of aliphatic hydroxyl groups is 1. The molecule has 0 atom stereocenters. The van der Waals surface area contributed by atoms with Crippen LogP contribution in [-0.2, 0) is 15.4 Å². The molecule has 1 heterocycles. The fourth-order valence-electron chi connectivity index (χ4n) is 1.78. The molecule has 0 amide bonds. The quantitative estimate of drug-likeness (QED) is 0.855. The number of benzene rings is 1. The largest absolute Gasteiger partial charge is 0.387 e. The molecule has 94 valence electrons. The van der Waals surface area contributed by atoms with Gasteiger partial charge in [-0.3, -0.25) is 0 Å². The van der Waals surface area contributed by atoms with Crippen LogP contribution in [-0.4, -0.2) is 36.5 Å². The second kappa shape index (κ2) is 4.35. The van der Waals surface area contributed by atoms with Crippen molar-refractivity contribution in [1.82, 2.24) is 4.31 Å². The van der Waals surface area contributed by atoms with Gasteiger partial charge in [0.05, 0.1) is 10.5 Å². The molecule has 0 unspecified atom stereocenters. The molecule has 1 aliphatic rings. The number of halogens is 1. The first kappa shape index (κ1) is 13.0. The number of rotatable bonds is 3.